The van der Waals surface area contributed by atoms with Gasteiger partial charge in [0.1, 0.15) is 0 Å². The van der Waals surface area contributed by atoms with Gasteiger partial charge in [-0.25, -0.2) is 0 Å². The molecule has 3 heteroatoms. The van der Waals surface area contributed by atoms with Crippen molar-refractivity contribution < 1.29 is 25.1 Å². The molecule has 1 aliphatic carbocycles. The van der Waals surface area contributed by atoms with Gasteiger partial charge < -0.3 is 7.16 Å². The standard InChI is InChI=1S/C10H19NO.Li.H/c1-8(2)10(9(11)12)6-4-3-5-7-10;;/h8H,3-7H2,1-2H3,(H2,11,12);;/q;+1;-1. The van der Waals surface area contributed by atoms with E-state index in [-0.39, 0.29) is 31.6 Å². The smallest absolute Gasteiger partial charge is 1.00 e. The Labute approximate surface area is 94.3 Å². The minimum atomic E-state index is -0.182. The zero-order valence-electron chi connectivity index (χ0n) is 10.1. The van der Waals surface area contributed by atoms with Gasteiger partial charge in [0.2, 0.25) is 5.91 Å². The Morgan fingerprint density at radius 3 is 2.00 bits per heavy atom. The number of carbonyl (C=O) groups is 1. The van der Waals surface area contributed by atoms with Gasteiger partial charge >= 0.3 is 18.9 Å². The molecule has 0 atom stereocenters. The van der Waals surface area contributed by atoms with Gasteiger partial charge in [-0.1, -0.05) is 33.1 Å². The van der Waals surface area contributed by atoms with Crippen molar-refractivity contribution in [2.45, 2.75) is 46.0 Å². The van der Waals surface area contributed by atoms with Crippen molar-refractivity contribution >= 4 is 5.91 Å². The van der Waals surface area contributed by atoms with Crippen LogP contribution in [0.2, 0.25) is 0 Å². The van der Waals surface area contributed by atoms with Crippen molar-refractivity contribution in [2.75, 3.05) is 0 Å². The summed E-state index contributed by atoms with van der Waals surface area (Å²) >= 11 is 0. The van der Waals surface area contributed by atoms with Crippen LogP contribution in [0.1, 0.15) is 47.4 Å². The molecule has 2 N–H and O–H groups in total. The van der Waals surface area contributed by atoms with Crippen LogP contribution in [0.4, 0.5) is 0 Å². The summed E-state index contributed by atoms with van der Waals surface area (Å²) in [5, 5.41) is 0. The van der Waals surface area contributed by atoms with Crippen LogP contribution in [0.5, 0.6) is 0 Å². The number of nitrogens with two attached hydrogens (primary N) is 1. The van der Waals surface area contributed by atoms with Crippen LogP contribution in [0.25, 0.3) is 0 Å². The fourth-order valence-corrected chi connectivity index (χ4v) is 2.29. The molecule has 13 heavy (non-hydrogen) atoms. The van der Waals surface area contributed by atoms with Crippen LogP contribution in [0, 0.1) is 11.3 Å². The molecule has 0 bridgehead atoms. The van der Waals surface area contributed by atoms with Crippen LogP contribution in [0.15, 0.2) is 0 Å². The molecule has 1 amide bonds. The van der Waals surface area contributed by atoms with E-state index in [4.69, 9.17) is 5.73 Å². The second kappa shape index (κ2) is 5.07. The number of hydrogen-bond donors (Lipinski definition) is 1. The largest absolute Gasteiger partial charge is 1.00 e. The molecule has 1 aliphatic rings. The molecule has 0 radical (unpaired) electrons. The van der Waals surface area contributed by atoms with Crippen molar-refractivity contribution in [1.29, 1.82) is 0 Å². The van der Waals surface area contributed by atoms with E-state index in [0.717, 1.165) is 12.8 Å². The Kier molecular flexibility index (Phi) is 5.10. The first-order chi connectivity index (χ1) is 5.59. The summed E-state index contributed by atoms with van der Waals surface area (Å²) in [6.45, 7) is 4.21. The summed E-state index contributed by atoms with van der Waals surface area (Å²) < 4.78 is 0. The molecular formula is C10H20LiNO. The molecule has 0 saturated heterocycles. The van der Waals surface area contributed by atoms with Gasteiger partial charge in [-0.05, 0) is 18.8 Å². The summed E-state index contributed by atoms with van der Waals surface area (Å²) in [6.07, 6.45) is 5.60. The molecule has 1 fully saturated rings. The van der Waals surface area contributed by atoms with E-state index < -0.39 is 0 Å². The Morgan fingerprint density at radius 2 is 1.77 bits per heavy atom. The maximum absolute atomic E-state index is 11.3. The summed E-state index contributed by atoms with van der Waals surface area (Å²) in [5.41, 5.74) is 5.28. The minimum absolute atomic E-state index is 0. The SMILES string of the molecule is CC(C)C1(C(N)=O)CCCCC1.[H-].[Li+]. The first-order valence-corrected chi connectivity index (χ1v) is 4.89. The van der Waals surface area contributed by atoms with Crippen molar-refractivity contribution in [3.05, 3.63) is 0 Å². The van der Waals surface area contributed by atoms with Gasteiger partial charge in [0.15, 0.2) is 0 Å². The molecule has 0 unspecified atom stereocenters. The minimum Gasteiger partial charge on any atom is -1.00 e. The van der Waals surface area contributed by atoms with E-state index >= 15 is 0 Å². The van der Waals surface area contributed by atoms with Crippen LogP contribution >= 0.6 is 0 Å². The second-order valence-electron chi connectivity index (χ2n) is 4.24. The molecule has 0 spiro atoms. The van der Waals surface area contributed by atoms with E-state index in [9.17, 15) is 4.79 Å². The molecule has 2 nitrogen and oxygen atoms in total. The Balaban J connectivity index is 0. The normalized spacial score (nSPS) is 20.8. The van der Waals surface area contributed by atoms with Gasteiger partial charge in [-0.15, -0.1) is 0 Å². The fraction of sp³-hybridized carbons (Fsp3) is 0.900. The number of carbonyl (C=O) groups excluding carboxylic acids is 1. The van der Waals surface area contributed by atoms with Gasteiger partial charge in [0.05, 0.1) is 5.41 Å². The van der Waals surface area contributed by atoms with Crippen LogP contribution < -0.4 is 24.6 Å². The maximum atomic E-state index is 11.3. The zero-order valence-corrected chi connectivity index (χ0v) is 9.10. The molecule has 0 aromatic rings. The number of rotatable bonds is 2. The Morgan fingerprint density at radius 1 is 1.31 bits per heavy atom. The monoisotopic (exact) mass is 177 g/mol. The molecule has 1 saturated carbocycles. The fourth-order valence-electron chi connectivity index (χ4n) is 2.29. The van der Waals surface area contributed by atoms with Crippen molar-refractivity contribution in [3.63, 3.8) is 0 Å². The molecule has 0 heterocycles. The quantitative estimate of drug-likeness (QED) is 0.551. The molecule has 1 rings (SSSR count). The third-order valence-electron chi connectivity index (χ3n) is 3.34. The molecule has 0 aliphatic heterocycles. The first-order valence-electron chi connectivity index (χ1n) is 4.89. The van der Waals surface area contributed by atoms with Crippen molar-refractivity contribution in [3.8, 4) is 0 Å². The number of hydrogen-bond acceptors (Lipinski definition) is 1. The van der Waals surface area contributed by atoms with E-state index in [1.54, 1.807) is 0 Å². The predicted octanol–water partition coefficient (Wildman–Crippen LogP) is -0.805. The van der Waals surface area contributed by atoms with Crippen LogP contribution in [-0.2, 0) is 4.79 Å². The van der Waals surface area contributed by atoms with Crippen molar-refractivity contribution in [1.82, 2.24) is 0 Å². The average molecular weight is 177 g/mol. The van der Waals surface area contributed by atoms with Crippen LogP contribution in [0.3, 0.4) is 0 Å². The van der Waals surface area contributed by atoms with Gasteiger partial charge in [-0.2, -0.15) is 0 Å². The average Bonchev–Trinajstić information content (AvgIpc) is 2.05. The third kappa shape index (κ3) is 2.51. The van der Waals surface area contributed by atoms with Gasteiger partial charge in [0.25, 0.3) is 0 Å². The first kappa shape index (κ1) is 13.1. The van der Waals surface area contributed by atoms with E-state index in [2.05, 4.69) is 13.8 Å². The van der Waals surface area contributed by atoms with E-state index in [1.807, 2.05) is 0 Å². The zero-order chi connectivity index (χ0) is 9.19. The van der Waals surface area contributed by atoms with Gasteiger partial charge in [-0.3, -0.25) is 4.79 Å². The maximum Gasteiger partial charge on any atom is 1.00 e. The number of amides is 1. The molecule has 0 aromatic carbocycles. The van der Waals surface area contributed by atoms with Gasteiger partial charge in [0, 0.05) is 0 Å². The Bertz CT molecular complexity index is 179. The third-order valence-corrected chi connectivity index (χ3v) is 3.34. The summed E-state index contributed by atoms with van der Waals surface area (Å²) in [5.74, 6) is 0.313. The Hall–Kier alpha value is 0.0674. The topological polar surface area (TPSA) is 43.1 Å². The summed E-state index contributed by atoms with van der Waals surface area (Å²) in [7, 11) is 0. The molecular weight excluding hydrogens is 157 g/mol. The summed E-state index contributed by atoms with van der Waals surface area (Å²) in [4.78, 5) is 11.3. The second-order valence-corrected chi connectivity index (χ2v) is 4.24. The van der Waals surface area contributed by atoms with Crippen LogP contribution in [-0.4, -0.2) is 5.91 Å². The summed E-state index contributed by atoms with van der Waals surface area (Å²) in [6, 6.07) is 0. The number of primary amides is 1. The molecule has 72 valence electrons. The van der Waals surface area contributed by atoms with Crippen molar-refractivity contribution in [2.24, 2.45) is 17.1 Å². The van der Waals surface area contributed by atoms with E-state index in [1.165, 1.54) is 19.3 Å². The predicted molar refractivity (Wildman–Crippen MR) is 50.7 cm³/mol. The molecule has 0 aromatic heterocycles. The van der Waals surface area contributed by atoms with E-state index in [0.29, 0.717) is 5.92 Å².